The smallest absolute Gasteiger partial charge is 0.148 e. The Balaban J connectivity index is 2.25. The van der Waals surface area contributed by atoms with E-state index in [1.165, 1.54) is 17.3 Å². The second kappa shape index (κ2) is 5.98. The topological polar surface area (TPSA) is 52.3 Å². The Morgan fingerprint density at radius 1 is 1.44 bits per heavy atom. The third-order valence-electron chi connectivity index (χ3n) is 2.02. The van der Waals surface area contributed by atoms with Crippen molar-refractivity contribution in [2.75, 3.05) is 6.61 Å². The van der Waals surface area contributed by atoms with Crippen LogP contribution in [0.25, 0.3) is 0 Å². The first kappa shape index (κ1) is 12.3. The van der Waals surface area contributed by atoms with Gasteiger partial charge in [-0.1, -0.05) is 21.9 Å². The van der Waals surface area contributed by atoms with Crippen LogP contribution in [-0.2, 0) is 0 Å². The molecule has 0 radical (unpaired) electrons. The first-order chi connectivity index (χ1) is 8.79. The van der Waals surface area contributed by atoms with Gasteiger partial charge in [-0.25, -0.2) is 4.68 Å². The van der Waals surface area contributed by atoms with Crippen LogP contribution in [-0.4, -0.2) is 27.7 Å². The molecule has 18 heavy (non-hydrogen) atoms. The molecule has 5 nitrogen and oxygen atoms in total. The summed E-state index contributed by atoms with van der Waals surface area (Å²) >= 11 is 3.39. The van der Waals surface area contributed by atoms with E-state index in [1.54, 1.807) is 6.21 Å². The van der Waals surface area contributed by atoms with Gasteiger partial charge in [0.25, 0.3) is 0 Å². The molecule has 1 aromatic heterocycles. The van der Waals surface area contributed by atoms with Crippen LogP contribution in [0.5, 0.6) is 5.75 Å². The fourth-order valence-electron chi connectivity index (χ4n) is 1.25. The quantitative estimate of drug-likeness (QED) is 0.641. The Hall–Kier alpha value is -2.13. The number of ether oxygens (including phenoxy) is 1. The summed E-state index contributed by atoms with van der Waals surface area (Å²) in [6.45, 7) is 0.217. The van der Waals surface area contributed by atoms with Gasteiger partial charge >= 0.3 is 0 Å². The molecule has 0 bridgehead atoms. The largest absolute Gasteiger partial charge is 0.480 e. The van der Waals surface area contributed by atoms with E-state index >= 15 is 0 Å². The van der Waals surface area contributed by atoms with Crippen molar-refractivity contribution in [1.82, 2.24) is 14.9 Å². The van der Waals surface area contributed by atoms with E-state index in [2.05, 4.69) is 37.1 Å². The summed E-state index contributed by atoms with van der Waals surface area (Å²) in [5.41, 5.74) is 0.813. The zero-order valence-corrected chi connectivity index (χ0v) is 10.9. The molecular formula is C12H9BrN4O. The van der Waals surface area contributed by atoms with Crippen molar-refractivity contribution in [2.45, 2.75) is 0 Å². The average Bonchev–Trinajstić information content (AvgIpc) is 2.88. The van der Waals surface area contributed by atoms with Crippen LogP contribution < -0.4 is 4.74 Å². The second-order valence-electron chi connectivity index (χ2n) is 3.26. The van der Waals surface area contributed by atoms with E-state index in [1.807, 2.05) is 18.2 Å². The normalized spacial score (nSPS) is 10.4. The van der Waals surface area contributed by atoms with Crippen LogP contribution in [0.4, 0.5) is 0 Å². The summed E-state index contributed by atoms with van der Waals surface area (Å²) in [5.74, 6) is 3.10. The molecule has 90 valence electrons. The molecule has 0 saturated carbocycles. The SMILES string of the molecule is C#CCOc1ccc(Br)cc1C=Nn1cnnc1. The zero-order chi connectivity index (χ0) is 12.8. The predicted molar refractivity (Wildman–Crippen MR) is 71.5 cm³/mol. The van der Waals surface area contributed by atoms with Gasteiger partial charge < -0.3 is 4.74 Å². The van der Waals surface area contributed by atoms with Crippen LogP contribution >= 0.6 is 15.9 Å². The summed E-state index contributed by atoms with van der Waals surface area (Å²) in [7, 11) is 0. The van der Waals surface area contributed by atoms with Gasteiger partial charge in [0.2, 0.25) is 0 Å². The number of aromatic nitrogens is 3. The van der Waals surface area contributed by atoms with Gasteiger partial charge in [0.1, 0.15) is 25.0 Å². The lowest BCUT2D eigenvalue weighted by molar-refractivity contribution is 0.370. The van der Waals surface area contributed by atoms with Gasteiger partial charge in [-0.15, -0.1) is 16.6 Å². The van der Waals surface area contributed by atoms with E-state index in [-0.39, 0.29) is 6.61 Å². The number of hydrogen-bond acceptors (Lipinski definition) is 4. The number of hydrogen-bond donors (Lipinski definition) is 0. The van der Waals surface area contributed by atoms with E-state index < -0.39 is 0 Å². The highest BCUT2D eigenvalue weighted by molar-refractivity contribution is 9.10. The molecule has 0 fully saturated rings. The fraction of sp³-hybridized carbons (Fsp3) is 0.0833. The van der Waals surface area contributed by atoms with Gasteiger partial charge in [0.15, 0.2) is 0 Å². The Morgan fingerprint density at radius 3 is 2.94 bits per heavy atom. The highest BCUT2D eigenvalue weighted by Crippen LogP contribution is 2.21. The zero-order valence-electron chi connectivity index (χ0n) is 9.32. The van der Waals surface area contributed by atoms with Gasteiger partial charge in [0, 0.05) is 10.0 Å². The molecule has 0 unspecified atom stereocenters. The third kappa shape index (κ3) is 3.18. The second-order valence-corrected chi connectivity index (χ2v) is 4.18. The molecule has 0 aliphatic carbocycles. The molecule has 0 N–H and O–H groups in total. The van der Waals surface area contributed by atoms with Crippen molar-refractivity contribution in [2.24, 2.45) is 5.10 Å². The van der Waals surface area contributed by atoms with Gasteiger partial charge in [-0.2, -0.15) is 5.10 Å². The minimum absolute atomic E-state index is 0.217. The predicted octanol–water partition coefficient (Wildman–Crippen LogP) is 1.93. The maximum Gasteiger partial charge on any atom is 0.148 e. The van der Waals surface area contributed by atoms with E-state index in [0.717, 1.165) is 10.0 Å². The first-order valence-electron chi connectivity index (χ1n) is 5.04. The van der Waals surface area contributed by atoms with Crippen molar-refractivity contribution in [3.8, 4) is 18.1 Å². The fourth-order valence-corrected chi connectivity index (χ4v) is 1.63. The lowest BCUT2D eigenvalue weighted by atomic mass is 10.2. The number of benzene rings is 1. The number of terminal acetylenes is 1. The third-order valence-corrected chi connectivity index (χ3v) is 2.51. The minimum Gasteiger partial charge on any atom is -0.480 e. The Kier molecular flexibility index (Phi) is 4.10. The molecule has 0 saturated heterocycles. The summed E-state index contributed by atoms with van der Waals surface area (Å²) in [6.07, 6.45) is 9.81. The number of halogens is 1. The Labute approximate surface area is 113 Å². The van der Waals surface area contributed by atoms with Crippen LogP contribution in [0, 0.1) is 12.3 Å². The van der Waals surface area contributed by atoms with Crippen molar-refractivity contribution in [3.05, 3.63) is 40.9 Å². The lowest BCUT2D eigenvalue weighted by Gasteiger charge is -2.06. The van der Waals surface area contributed by atoms with Crippen LogP contribution in [0.3, 0.4) is 0 Å². The molecular weight excluding hydrogens is 296 g/mol. The average molecular weight is 305 g/mol. The van der Waals surface area contributed by atoms with Crippen molar-refractivity contribution in [1.29, 1.82) is 0 Å². The number of rotatable bonds is 4. The van der Waals surface area contributed by atoms with Crippen LogP contribution in [0.2, 0.25) is 0 Å². The molecule has 1 heterocycles. The highest BCUT2D eigenvalue weighted by atomic mass is 79.9. The van der Waals surface area contributed by atoms with Crippen LogP contribution in [0.1, 0.15) is 5.56 Å². The molecule has 2 rings (SSSR count). The van der Waals surface area contributed by atoms with Gasteiger partial charge in [-0.05, 0) is 18.2 Å². The van der Waals surface area contributed by atoms with Crippen molar-refractivity contribution in [3.63, 3.8) is 0 Å². The highest BCUT2D eigenvalue weighted by Gasteiger charge is 2.02. The Morgan fingerprint density at radius 2 is 2.22 bits per heavy atom. The summed E-state index contributed by atoms with van der Waals surface area (Å²) in [6, 6.07) is 5.59. The molecule has 1 aromatic carbocycles. The molecule has 2 aromatic rings. The molecule has 0 atom stereocenters. The van der Waals surface area contributed by atoms with Gasteiger partial charge in [-0.3, -0.25) is 0 Å². The summed E-state index contributed by atoms with van der Waals surface area (Å²) < 4.78 is 7.85. The van der Waals surface area contributed by atoms with Crippen molar-refractivity contribution < 1.29 is 4.74 Å². The Bertz CT molecular complexity index is 587. The van der Waals surface area contributed by atoms with E-state index in [9.17, 15) is 0 Å². The maximum absolute atomic E-state index is 5.42. The molecule has 0 spiro atoms. The minimum atomic E-state index is 0.217. The molecule has 0 amide bonds. The lowest BCUT2D eigenvalue weighted by Crippen LogP contribution is -1.98. The molecule has 6 heteroatoms. The van der Waals surface area contributed by atoms with Crippen LogP contribution in [0.15, 0.2) is 40.4 Å². The van der Waals surface area contributed by atoms with E-state index in [4.69, 9.17) is 11.2 Å². The standard InChI is InChI=1S/C12H9BrN4O/c1-2-5-18-12-4-3-11(13)6-10(12)7-16-17-8-14-15-9-17/h1,3-4,6-9H,5H2. The monoisotopic (exact) mass is 304 g/mol. The first-order valence-corrected chi connectivity index (χ1v) is 5.83. The molecule has 0 aliphatic rings. The summed E-state index contributed by atoms with van der Waals surface area (Å²) in [5, 5.41) is 11.5. The molecule has 0 aliphatic heterocycles. The van der Waals surface area contributed by atoms with Crippen molar-refractivity contribution >= 4 is 22.1 Å². The van der Waals surface area contributed by atoms with Gasteiger partial charge in [0.05, 0.1) is 6.21 Å². The summed E-state index contributed by atoms with van der Waals surface area (Å²) in [4.78, 5) is 0. The maximum atomic E-state index is 5.42. The number of nitrogens with zero attached hydrogens (tertiary/aromatic N) is 4. The van der Waals surface area contributed by atoms with E-state index in [0.29, 0.717) is 5.75 Å².